The third-order valence-electron chi connectivity index (χ3n) is 5.98. The fourth-order valence-electron chi connectivity index (χ4n) is 4.02. The summed E-state index contributed by atoms with van der Waals surface area (Å²) in [5.41, 5.74) is 2.76. The van der Waals surface area contributed by atoms with Crippen LogP contribution >= 0.6 is 0 Å². The molecule has 1 amide bonds. The van der Waals surface area contributed by atoms with Gasteiger partial charge in [-0.05, 0) is 48.9 Å². The Morgan fingerprint density at radius 3 is 2.38 bits per heavy atom. The summed E-state index contributed by atoms with van der Waals surface area (Å²) in [6.07, 6.45) is 3.05. The van der Waals surface area contributed by atoms with Gasteiger partial charge in [-0.2, -0.15) is 0 Å². The van der Waals surface area contributed by atoms with Crippen molar-refractivity contribution in [3.05, 3.63) is 90.1 Å². The van der Waals surface area contributed by atoms with Crippen LogP contribution < -0.4 is 19.5 Å². The number of aromatic hydroxyl groups is 1. The summed E-state index contributed by atoms with van der Waals surface area (Å²) in [7, 11) is 3.02. The van der Waals surface area contributed by atoms with Crippen molar-refractivity contribution >= 4 is 22.6 Å². The Morgan fingerprint density at radius 1 is 0.949 bits per heavy atom. The molecule has 2 N–H and O–H groups in total. The Morgan fingerprint density at radius 2 is 1.69 bits per heavy atom. The van der Waals surface area contributed by atoms with E-state index in [4.69, 9.17) is 14.2 Å². The van der Waals surface area contributed by atoms with Crippen molar-refractivity contribution < 1.29 is 28.5 Å². The number of rotatable bonds is 7. The summed E-state index contributed by atoms with van der Waals surface area (Å²) in [5.74, 6) is 0.526. The highest BCUT2D eigenvalue weighted by molar-refractivity contribution is 6.08. The predicted octanol–water partition coefficient (Wildman–Crippen LogP) is 5.91. The second-order valence-electron chi connectivity index (χ2n) is 8.45. The number of hydrogen-bond acceptors (Lipinski definition) is 8. The van der Waals surface area contributed by atoms with Gasteiger partial charge in [0.2, 0.25) is 0 Å². The number of benzene rings is 2. The Labute approximate surface area is 222 Å². The molecule has 0 aliphatic heterocycles. The number of carbonyl (C=O) groups excluding carboxylic acids is 1. The molecule has 9 nitrogen and oxygen atoms in total. The summed E-state index contributed by atoms with van der Waals surface area (Å²) < 4.78 is 29.9. The molecule has 0 radical (unpaired) electrons. The molecule has 0 fully saturated rings. The van der Waals surface area contributed by atoms with Gasteiger partial charge in [-0.15, -0.1) is 0 Å². The van der Waals surface area contributed by atoms with Crippen LogP contribution in [0.4, 0.5) is 10.1 Å². The van der Waals surface area contributed by atoms with Crippen molar-refractivity contribution in [2.24, 2.45) is 0 Å². The molecule has 0 saturated carbocycles. The molecule has 0 aliphatic carbocycles. The first kappa shape index (κ1) is 25.4. The molecule has 3 aromatic heterocycles. The van der Waals surface area contributed by atoms with E-state index in [1.54, 1.807) is 49.5 Å². The average molecular weight is 527 g/mol. The fourth-order valence-corrected chi connectivity index (χ4v) is 4.02. The number of hydrogen-bond donors (Lipinski definition) is 2. The largest absolute Gasteiger partial charge is 0.506 e. The van der Waals surface area contributed by atoms with Gasteiger partial charge in [0.25, 0.3) is 11.8 Å². The zero-order valence-electron chi connectivity index (χ0n) is 21.2. The Balaban J connectivity index is 1.36. The molecule has 0 saturated heterocycles. The lowest BCUT2D eigenvalue weighted by atomic mass is 10.0. The number of nitrogens with zero attached hydrogens (tertiary/aromatic N) is 3. The maximum atomic E-state index is 13.3. The van der Waals surface area contributed by atoms with Gasteiger partial charge in [-0.3, -0.25) is 14.8 Å². The van der Waals surface area contributed by atoms with Crippen LogP contribution in [0.5, 0.6) is 28.9 Å². The number of pyridine rings is 3. The molecule has 0 bridgehead atoms. The number of ether oxygens (including phenoxy) is 3. The van der Waals surface area contributed by atoms with Crippen LogP contribution in [0.25, 0.3) is 22.2 Å². The van der Waals surface area contributed by atoms with Gasteiger partial charge < -0.3 is 24.6 Å². The zero-order chi connectivity index (χ0) is 27.5. The van der Waals surface area contributed by atoms with Crippen LogP contribution in [0.1, 0.15) is 16.1 Å². The van der Waals surface area contributed by atoms with E-state index in [2.05, 4.69) is 20.3 Å². The molecule has 39 heavy (non-hydrogen) atoms. The molecule has 0 aliphatic rings. The van der Waals surface area contributed by atoms with Gasteiger partial charge in [0, 0.05) is 35.8 Å². The molecular weight excluding hydrogens is 503 g/mol. The smallest absolute Gasteiger partial charge is 0.261 e. The number of carbonyl (C=O) groups is 1. The maximum Gasteiger partial charge on any atom is 0.261 e. The summed E-state index contributed by atoms with van der Waals surface area (Å²) in [5, 5.41) is 13.6. The monoisotopic (exact) mass is 526 g/mol. The molecular formula is C29H23FN4O5. The normalized spacial score (nSPS) is 10.8. The number of amides is 1. The fraction of sp³-hybridized carbons (Fsp3) is 0.103. The molecule has 3 heterocycles. The van der Waals surface area contributed by atoms with E-state index in [0.29, 0.717) is 56.7 Å². The van der Waals surface area contributed by atoms with Crippen molar-refractivity contribution in [3.63, 3.8) is 0 Å². The predicted molar refractivity (Wildman–Crippen MR) is 143 cm³/mol. The topological polar surface area (TPSA) is 116 Å². The number of fused-ring (bicyclic) bond motifs is 1. The van der Waals surface area contributed by atoms with Gasteiger partial charge in [-0.1, -0.05) is 12.1 Å². The lowest BCUT2D eigenvalue weighted by Gasteiger charge is -2.13. The highest BCUT2D eigenvalue weighted by Gasteiger charge is 2.20. The van der Waals surface area contributed by atoms with E-state index in [1.807, 2.05) is 0 Å². The van der Waals surface area contributed by atoms with Crippen LogP contribution in [-0.4, -0.2) is 40.2 Å². The highest BCUT2D eigenvalue weighted by atomic mass is 19.1. The molecule has 196 valence electrons. The number of nitrogens with one attached hydrogen (secondary N) is 1. The third kappa shape index (κ3) is 5.12. The second-order valence-corrected chi connectivity index (χ2v) is 8.45. The summed E-state index contributed by atoms with van der Waals surface area (Å²) >= 11 is 0. The molecule has 2 aromatic carbocycles. The first-order valence-corrected chi connectivity index (χ1v) is 11.8. The van der Waals surface area contributed by atoms with E-state index in [-0.39, 0.29) is 11.3 Å². The minimum atomic E-state index is -0.541. The average Bonchev–Trinajstić information content (AvgIpc) is 2.94. The van der Waals surface area contributed by atoms with Crippen molar-refractivity contribution in [2.45, 2.75) is 6.92 Å². The zero-order valence-corrected chi connectivity index (χ0v) is 21.2. The maximum absolute atomic E-state index is 13.3. The van der Waals surface area contributed by atoms with E-state index in [9.17, 15) is 14.3 Å². The quantitative estimate of drug-likeness (QED) is 0.269. The van der Waals surface area contributed by atoms with Crippen molar-refractivity contribution in [1.29, 1.82) is 0 Å². The second kappa shape index (κ2) is 10.6. The van der Waals surface area contributed by atoms with E-state index in [1.165, 1.54) is 44.7 Å². The Kier molecular flexibility index (Phi) is 6.92. The van der Waals surface area contributed by atoms with E-state index >= 15 is 0 Å². The van der Waals surface area contributed by atoms with Crippen molar-refractivity contribution in [2.75, 3.05) is 19.5 Å². The molecule has 0 atom stereocenters. The van der Waals surface area contributed by atoms with Crippen LogP contribution in [-0.2, 0) is 0 Å². The van der Waals surface area contributed by atoms with Gasteiger partial charge in [-0.25, -0.2) is 9.37 Å². The summed E-state index contributed by atoms with van der Waals surface area (Å²) in [4.78, 5) is 26.1. The van der Waals surface area contributed by atoms with Gasteiger partial charge in [0.15, 0.2) is 11.5 Å². The van der Waals surface area contributed by atoms with Gasteiger partial charge >= 0.3 is 0 Å². The van der Waals surface area contributed by atoms with Gasteiger partial charge in [0.1, 0.15) is 28.4 Å². The SMILES string of the molecule is COc1cc2nccc(Oc3ccc(NC(=O)c4c(C)ncc(-c5ccc(F)cc5)c4O)cc3)c2nc1OC. The molecule has 5 aromatic rings. The number of aromatic nitrogens is 3. The Hall–Kier alpha value is -5.25. The van der Waals surface area contributed by atoms with Crippen LogP contribution in [0.2, 0.25) is 0 Å². The van der Waals surface area contributed by atoms with Crippen molar-refractivity contribution in [1.82, 2.24) is 15.0 Å². The number of methoxy groups -OCH3 is 2. The van der Waals surface area contributed by atoms with E-state index in [0.717, 1.165) is 0 Å². The summed E-state index contributed by atoms with van der Waals surface area (Å²) in [6.45, 7) is 1.62. The minimum absolute atomic E-state index is 0.0239. The van der Waals surface area contributed by atoms with Gasteiger partial charge in [0.05, 0.1) is 25.4 Å². The molecule has 0 spiro atoms. The molecule has 10 heteroatoms. The molecule has 5 rings (SSSR count). The van der Waals surface area contributed by atoms with Crippen LogP contribution in [0, 0.1) is 12.7 Å². The van der Waals surface area contributed by atoms with E-state index < -0.39 is 11.7 Å². The number of halogens is 1. The lowest BCUT2D eigenvalue weighted by molar-refractivity contribution is 0.102. The minimum Gasteiger partial charge on any atom is -0.506 e. The number of aryl methyl sites for hydroxylation is 1. The standard InChI is InChI=1S/C29H23FN4O5/c1-16-25(27(35)21(15-32-16)17-4-6-18(30)7-5-17)28(36)33-19-8-10-20(11-9-19)39-23-12-13-31-22-14-24(37-2)29(38-3)34-26(22)23/h4-15H,1-3H3,(H,32,35)(H,33,36). The van der Waals surface area contributed by atoms with Crippen LogP contribution in [0.3, 0.4) is 0 Å². The third-order valence-corrected chi connectivity index (χ3v) is 5.98. The first-order valence-electron chi connectivity index (χ1n) is 11.8. The van der Waals surface area contributed by atoms with Crippen LogP contribution in [0.15, 0.2) is 73.1 Å². The Bertz CT molecular complexity index is 1680. The number of anilines is 1. The lowest BCUT2D eigenvalue weighted by Crippen LogP contribution is -2.14. The van der Waals surface area contributed by atoms with Crippen molar-refractivity contribution in [3.8, 4) is 40.0 Å². The highest BCUT2D eigenvalue weighted by Crippen LogP contribution is 2.35. The summed E-state index contributed by atoms with van der Waals surface area (Å²) in [6, 6.07) is 15.7. The molecule has 0 unspecified atom stereocenters. The first-order chi connectivity index (χ1) is 18.9.